The molecule has 3 rings (SSSR count). The maximum Gasteiger partial charge on any atom is 0.0480 e. The Balaban J connectivity index is 1.46. The van der Waals surface area contributed by atoms with Crippen LogP contribution < -0.4 is 5.32 Å². The van der Waals surface area contributed by atoms with E-state index < -0.39 is 0 Å². The standard InChI is InChI=1S/C12H22N2O/c1-2-10(1)13-11-3-6-14(9-11)12-4-7-15-8-5-12/h10-13H,1-9H2. The van der Waals surface area contributed by atoms with Crippen LogP contribution in [0.15, 0.2) is 0 Å². The fraction of sp³-hybridized carbons (Fsp3) is 1.00. The molecule has 3 aliphatic rings. The molecule has 86 valence electrons. The minimum Gasteiger partial charge on any atom is -0.381 e. The highest BCUT2D eigenvalue weighted by Gasteiger charge is 2.32. The van der Waals surface area contributed by atoms with Crippen LogP contribution in [0, 0.1) is 0 Å². The van der Waals surface area contributed by atoms with Gasteiger partial charge in [0, 0.05) is 44.4 Å². The van der Waals surface area contributed by atoms with Crippen molar-refractivity contribution in [2.24, 2.45) is 0 Å². The molecule has 0 aromatic rings. The molecule has 1 aliphatic carbocycles. The third-order valence-corrected chi connectivity index (χ3v) is 3.98. The van der Waals surface area contributed by atoms with Gasteiger partial charge in [0.1, 0.15) is 0 Å². The van der Waals surface area contributed by atoms with Crippen LogP contribution in [0.1, 0.15) is 32.1 Å². The topological polar surface area (TPSA) is 24.5 Å². The molecule has 0 radical (unpaired) electrons. The molecule has 0 spiro atoms. The van der Waals surface area contributed by atoms with E-state index in [0.29, 0.717) is 0 Å². The maximum absolute atomic E-state index is 5.42. The first kappa shape index (κ1) is 10.1. The van der Waals surface area contributed by atoms with Crippen LogP contribution in [0.4, 0.5) is 0 Å². The number of nitrogens with one attached hydrogen (secondary N) is 1. The van der Waals surface area contributed by atoms with Crippen molar-refractivity contribution in [3.8, 4) is 0 Å². The Labute approximate surface area is 92.2 Å². The van der Waals surface area contributed by atoms with Gasteiger partial charge in [0.25, 0.3) is 0 Å². The molecule has 0 bridgehead atoms. The van der Waals surface area contributed by atoms with Crippen LogP contribution >= 0.6 is 0 Å². The van der Waals surface area contributed by atoms with Crippen molar-refractivity contribution in [1.82, 2.24) is 10.2 Å². The fourth-order valence-electron chi connectivity index (χ4n) is 2.89. The van der Waals surface area contributed by atoms with Gasteiger partial charge in [0.15, 0.2) is 0 Å². The van der Waals surface area contributed by atoms with Crippen LogP contribution in [0.3, 0.4) is 0 Å². The Kier molecular flexibility index (Phi) is 2.95. The molecular weight excluding hydrogens is 188 g/mol. The average Bonchev–Trinajstić information content (AvgIpc) is 2.96. The van der Waals surface area contributed by atoms with Crippen LogP contribution in [0.5, 0.6) is 0 Å². The molecule has 0 aromatic heterocycles. The van der Waals surface area contributed by atoms with Crippen molar-refractivity contribution in [3.63, 3.8) is 0 Å². The molecule has 1 unspecified atom stereocenters. The molecular formula is C12H22N2O. The third-order valence-electron chi connectivity index (χ3n) is 3.98. The molecule has 0 aromatic carbocycles. The Morgan fingerprint density at radius 3 is 2.47 bits per heavy atom. The van der Waals surface area contributed by atoms with E-state index in [2.05, 4.69) is 10.2 Å². The highest BCUT2D eigenvalue weighted by molar-refractivity contribution is 4.91. The first-order valence-electron chi connectivity index (χ1n) is 6.49. The summed E-state index contributed by atoms with van der Waals surface area (Å²) in [6.45, 7) is 4.53. The summed E-state index contributed by atoms with van der Waals surface area (Å²) in [4.78, 5) is 2.68. The summed E-state index contributed by atoms with van der Waals surface area (Å²) in [5.74, 6) is 0. The predicted molar refractivity (Wildman–Crippen MR) is 60.0 cm³/mol. The van der Waals surface area contributed by atoms with Crippen LogP contribution in [-0.2, 0) is 4.74 Å². The van der Waals surface area contributed by atoms with E-state index in [9.17, 15) is 0 Å². The highest BCUT2D eigenvalue weighted by atomic mass is 16.5. The van der Waals surface area contributed by atoms with Crippen molar-refractivity contribution < 1.29 is 4.74 Å². The van der Waals surface area contributed by atoms with Gasteiger partial charge in [-0.3, -0.25) is 4.90 Å². The van der Waals surface area contributed by atoms with E-state index in [1.165, 1.54) is 45.2 Å². The van der Waals surface area contributed by atoms with Gasteiger partial charge in [-0.25, -0.2) is 0 Å². The largest absolute Gasteiger partial charge is 0.381 e. The van der Waals surface area contributed by atoms with Gasteiger partial charge in [0.05, 0.1) is 0 Å². The lowest BCUT2D eigenvalue weighted by molar-refractivity contribution is 0.0416. The zero-order valence-corrected chi connectivity index (χ0v) is 9.45. The predicted octanol–water partition coefficient (Wildman–Crippen LogP) is 0.992. The van der Waals surface area contributed by atoms with E-state index in [1.807, 2.05) is 0 Å². The number of hydrogen-bond acceptors (Lipinski definition) is 3. The second-order valence-corrected chi connectivity index (χ2v) is 5.27. The lowest BCUT2D eigenvalue weighted by Crippen LogP contribution is -2.40. The lowest BCUT2D eigenvalue weighted by atomic mass is 10.1. The molecule has 2 heterocycles. The van der Waals surface area contributed by atoms with E-state index in [0.717, 1.165) is 31.3 Å². The zero-order chi connectivity index (χ0) is 10.1. The van der Waals surface area contributed by atoms with Gasteiger partial charge in [-0.15, -0.1) is 0 Å². The van der Waals surface area contributed by atoms with Gasteiger partial charge in [0.2, 0.25) is 0 Å². The number of nitrogens with zero attached hydrogens (tertiary/aromatic N) is 1. The van der Waals surface area contributed by atoms with Crippen molar-refractivity contribution in [2.45, 2.75) is 50.2 Å². The van der Waals surface area contributed by atoms with Gasteiger partial charge in [-0.1, -0.05) is 0 Å². The molecule has 15 heavy (non-hydrogen) atoms. The molecule has 2 aliphatic heterocycles. The van der Waals surface area contributed by atoms with E-state index in [1.54, 1.807) is 0 Å². The second kappa shape index (κ2) is 4.40. The molecule has 3 heteroatoms. The molecule has 1 N–H and O–H groups in total. The Morgan fingerprint density at radius 2 is 1.73 bits per heavy atom. The Morgan fingerprint density at radius 1 is 0.933 bits per heavy atom. The quantitative estimate of drug-likeness (QED) is 0.752. The number of rotatable bonds is 3. The van der Waals surface area contributed by atoms with Gasteiger partial charge < -0.3 is 10.1 Å². The number of ether oxygens (including phenoxy) is 1. The Hall–Kier alpha value is -0.120. The number of hydrogen-bond donors (Lipinski definition) is 1. The summed E-state index contributed by atoms with van der Waals surface area (Å²) >= 11 is 0. The molecule has 1 saturated carbocycles. The molecule has 3 nitrogen and oxygen atoms in total. The molecule has 3 fully saturated rings. The molecule has 0 amide bonds. The van der Waals surface area contributed by atoms with E-state index in [4.69, 9.17) is 4.74 Å². The smallest absolute Gasteiger partial charge is 0.0480 e. The second-order valence-electron chi connectivity index (χ2n) is 5.27. The van der Waals surface area contributed by atoms with Crippen molar-refractivity contribution >= 4 is 0 Å². The minimum absolute atomic E-state index is 0.778. The van der Waals surface area contributed by atoms with Crippen LogP contribution in [0.25, 0.3) is 0 Å². The first-order valence-corrected chi connectivity index (χ1v) is 6.49. The monoisotopic (exact) mass is 210 g/mol. The minimum atomic E-state index is 0.778. The van der Waals surface area contributed by atoms with E-state index >= 15 is 0 Å². The van der Waals surface area contributed by atoms with Gasteiger partial charge in [-0.05, 0) is 32.1 Å². The summed E-state index contributed by atoms with van der Waals surface area (Å²) in [7, 11) is 0. The molecule has 2 saturated heterocycles. The Bertz CT molecular complexity index is 212. The summed E-state index contributed by atoms with van der Waals surface area (Å²) in [6, 6.07) is 2.45. The van der Waals surface area contributed by atoms with Crippen LogP contribution in [0.2, 0.25) is 0 Å². The SMILES string of the molecule is C1CC(N2CCC(NC3CC3)C2)CCO1. The number of likely N-dealkylation sites (tertiary alicyclic amines) is 1. The maximum atomic E-state index is 5.42. The normalized spacial score (nSPS) is 34.8. The average molecular weight is 210 g/mol. The van der Waals surface area contributed by atoms with Crippen molar-refractivity contribution in [1.29, 1.82) is 0 Å². The highest BCUT2D eigenvalue weighted by Crippen LogP contribution is 2.24. The van der Waals surface area contributed by atoms with Crippen molar-refractivity contribution in [2.75, 3.05) is 26.3 Å². The van der Waals surface area contributed by atoms with Crippen molar-refractivity contribution in [3.05, 3.63) is 0 Å². The lowest BCUT2D eigenvalue weighted by Gasteiger charge is -2.31. The summed E-state index contributed by atoms with van der Waals surface area (Å²) in [5.41, 5.74) is 0. The summed E-state index contributed by atoms with van der Waals surface area (Å²) in [6.07, 6.45) is 6.67. The summed E-state index contributed by atoms with van der Waals surface area (Å²) in [5, 5.41) is 3.75. The van der Waals surface area contributed by atoms with E-state index in [-0.39, 0.29) is 0 Å². The zero-order valence-electron chi connectivity index (χ0n) is 9.45. The first-order chi connectivity index (χ1) is 7.42. The molecule has 1 atom stereocenters. The van der Waals surface area contributed by atoms with Crippen LogP contribution in [-0.4, -0.2) is 49.3 Å². The van der Waals surface area contributed by atoms with Gasteiger partial charge in [-0.2, -0.15) is 0 Å². The van der Waals surface area contributed by atoms with Gasteiger partial charge >= 0.3 is 0 Å². The summed E-state index contributed by atoms with van der Waals surface area (Å²) < 4.78 is 5.42. The fourth-order valence-corrected chi connectivity index (χ4v) is 2.89. The third kappa shape index (κ3) is 2.52.